The molecule has 0 bridgehead atoms. The Morgan fingerprint density at radius 2 is 1.77 bits per heavy atom. The lowest BCUT2D eigenvalue weighted by molar-refractivity contribution is -0.126. The average Bonchev–Trinajstić information content (AvgIpc) is 2.78. The first-order valence-electron chi connectivity index (χ1n) is 10.4. The van der Waals surface area contributed by atoms with Gasteiger partial charge in [-0.1, -0.05) is 17.7 Å². The number of benzene rings is 2. The molecule has 2 atom stereocenters. The van der Waals surface area contributed by atoms with Gasteiger partial charge in [0.25, 0.3) is 0 Å². The molecule has 168 valence electrons. The molecule has 1 N–H and O–H groups in total. The molecule has 8 heteroatoms. The van der Waals surface area contributed by atoms with Crippen molar-refractivity contribution in [2.24, 2.45) is 5.92 Å². The van der Waals surface area contributed by atoms with Crippen LogP contribution in [-0.2, 0) is 14.8 Å². The molecule has 0 saturated carbocycles. The summed E-state index contributed by atoms with van der Waals surface area (Å²) < 4.78 is 38.2. The first kappa shape index (κ1) is 23.1. The monoisotopic (exact) mass is 446 g/mol. The molecule has 0 radical (unpaired) electrons. The Labute approximate surface area is 184 Å². The molecule has 0 spiro atoms. The molecule has 0 aromatic heterocycles. The van der Waals surface area contributed by atoms with Gasteiger partial charge in [-0.25, -0.2) is 8.42 Å². The van der Waals surface area contributed by atoms with Crippen molar-refractivity contribution in [2.75, 3.05) is 26.8 Å². The maximum atomic E-state index is 13.0. The zero-order valence-electron chi connectivity index (χ0n) is 18.2. The van der Waals surface area contributed by atoms with Crippen LogP contribution >= 0.6 is 0 Å². The maximum Gasteiger partial charge on any atom is 0.243 e. The summed E-state index contributed by atoms with van der Waals surface area (Å²) in [5.74, 6) is 0.915. The van der Waals surface area contributed by atoms with Crippen molar-refractivity contribution in [3.8, 4) is 11.5 Å². The number of piperidine rings is 1. The Hall–Kier alpha value is -2.58. The van der Waals surface area contributed by atoms with Crippen LogP contribution in [0.3, 0.4) is 0 Å². The van der Waals surface area contributed by atoms with Gasteiger partial charge in [0.05, 0.1) is 24.0 Å². The van der Waals surface area contributed by atoms with Crippen LogP contribution in [0.5, 0.6) is 11.5 Å². The van der Waals surface area contributed by atoms with Crippen molar-refractivity contribution in [3.63, 3.8) is 0 Å². The molecule has 1 fully saturated rings. The second-order valence-electron chi connectivity index (χ2n) is 7.91. The fourth-order valence-electron chi connectivity index (χ4n) is 3.53. The SMILES string of the molecule is COc1ccc(OC[C@H](C)NC(=O)[C@H]2CCCN(S(=O)(=O)c3ccc(C)cc3)C2)cc1. The fourth-order valence-corrected chi connectivity index (χ4v) is 5.05. The van der Waals surface area contributed by atoms with E-state index >= 15 is 0 Å². The number of nitrogens with zero attached hydrogens (tertiary/aromatic N) is 1. The average molecular weight is 447 g/mol. The molecule has 31 heavy (non-hydrogen) atoms. The normalized spacial score (nSPS) is 18.2. The van der Waals surface area contributed by atoms with Crippen LogP contribution in [0.2, 0.25) is 0 Å². The zero-order chi connectivity index (χ0) is 22.4. The van der Waals surface area contributed by atoms with Gasteiger partial charge in [0.2, 0.25) is 15.9 Å². The number of carbonyl (C=O) groups excluding carboxylic acids is 1. The molecule has 1 amide bonds. The van der Waals surface area contributed by atoms with E-state index in [1.165, 1.54) is 4.31 Å². The summed E-state index contributed by atoms with van der Waals surface area (Å²) >= 11 is 0. The van der Waals surface area contributed by atoms with E-state index in [1.54, 1.807) is 31.4 Å². The first-order valence-corrected chi connectivity index (χ1v) is 11.9. The van der Waals surface area contributed by atoms with Crippen molar-refractivity contribution in [2.45, 2.75) is 37.6 Å². The smallest absolute Gasteiger partial charge is 0.243 e. The number of rotatable bonds is 8. The number of sulfonamides is 1. The number of carbonyl (C=O) groups is 1. The minimum atomic E-state index is -3.61. The Morgan fingerprint density at radius 1 is 1.13 bits per heavy atom. The Bertz CT molecular complexity index is 974. The number of amides is 1. The van der Waals surface area contributed by atoms with Crippen molar-refractivity contribution < 1.29 is 22.7 Å². The van der Waals surface area contributed by atoms with Crippen molar-refractivity contribution >= 4 is 15.9 Å². The van der Waals surface area contributed by atoms with Crippen LogP contribution in [-0.4, -0.2) is 51.5 Å². The number of nitrogens with one attached hydrogen (secondary N) is 1. The topological polar surface area (TPSA) is 84.9 Å². The summed E-state index contributed by atoms with van der Waals surface area (Å²) in [5, 5.41) is 2.95. The van der Waals surface area contributed by atoms with Gasteiger partial charge in [-0.15, -0.1) is 0 Å². The van der Waals surface area contributed by atoms with Crippen LogP contribution < -0.4 is 14.8 Å². The van der Waals surface area contributed by atoms with E-state index < -0.39 is 10.0 Å². The standard InChI is InChI=1S/C23H30N2O5S/c1-17-6-12-22(13-7-17)31(27,28)25-14-4-5-19(15-25)23(26)24-18(2)16-30-21-10-8-20(29-3)9-11-21/h6-13,18-19H,4-5,14-16H2,1-3H3,(H,24,26)/t18-,19-/m0/s1. The summed E-state index contributed by atoms with van der Waals surface area (Å²) in [5.41, 5.74) is 1.00. The van der Waals surface area contributed by atoms with Gasteiger partial charge < -0.3 is 14.8 Å². The zero-order valence-corrected chi connectivity index (χ0v) is 19.0. The minimum absolute atomic E-state index is 0.144. The highest BCUT2D eigenvalue weighted by Crippen LogP contribution is 2.24. The van der Waals surface area contributed by atoms with E-state index in [0.29, 0.717) is 31.7 Å². The number of hydrogen-bond acceptors (Lipinski definition) is 5. The van der Waals surface area contributed by atoms with E-state index in [-0.39, 0.29) is 29.3 Å². The highest BCUT2D eigenvalue weighted by Gasteiger charge is 2.33. The van der Waals surface area contributed by atoms with Crippen molar-refractivity contribution in [1.82, 2.24) is 9.62 Å². The lowest BCUT2D eigenvalue weighted by atomic mass is 9.98. The van der Waals surface area contributed by atoms with Crippen LogP contribution in [0.25, 0.3) is 0 Å². The first-order chi connectivity index (χ1) is 14.8. The lowest BCUT2D eigenvalue weighted by Crippen LogP contribution is -2.48. The van der Waals surface area contributed by atoms with Crippen molar-refractivity contribution in [3.05, 3.63) is 54.1 Å². The Kier molecular flexibility index (Phi) is 7.56. The number of aryl methyl sites for hydroxylation is 1. The third-order valence-corrected chi connectivity index (χ3v) is 7.24. The van der Waals surface area contributed by atoms with E-state index in [1.807, 2.05) is 38.1 Å². The van der Waals surface area contributed by atoms with Crippen LogP contribution in [0.1, 0.15) is 25.3 Å². The van der Waals surface area contributed by atoms with Gasteiger partial charge in [-0.2, -0.15) is 4.31 Å². The molecule has 2 aromatic carbocycles. The molecule has 2 aromatic rings. The second-order valence-corrected chi connectivity index (χ2v) is 9.85. The summed E-state index contributed by atoms with van der Waals surface area (Å²) in [6, 6.07) is 13.8. The van der Waals surface area contributed by atoms with Gasteiger partial charge in [0, 0.05) is 13.1 Å². The van der Waals surface area contributed by atoms with Crippen molar-refractivity contribution in [1.29, 1.82) is 0 Å². The lowest BCUT2D eigenvalue weighted by Gasteiger charge is -2.31. The van der Waals surface area contributed by atoms with Crippen LogP contribution in [0.15, 0.2) is 53.4 Å². The summed E-state index contributed by atoms with van der Waals surface area (Å²) in [7, 11) is -2.00. The molecular weight excluding hydrogens is 416 g/mol. The molecule has 0 unspecified atom stereocenters. The molecule has 7 nitrogen and oxygen atoms in total. The van der Waals surface area contributed by atoms with E-state index in [4.69, 9.17) is 9.47 Å². The summed E-state index contributed by atoms with van der Waals surface area (Å²) in [6.45, 7) is 4.71. The van der Waals surface area contributed by atoms with E-state index in [0.717, 1.165) is 11.3 Å². The number of methoxy groups -OCH3 is 1. The fraction of sp³-hybridized carbons (Fsp3) is 0.435. The predicted octanol–water partition coefficient (Wildman–Crippen LogP) is 2.99. The van der Waals surface area contributed by atoms with E-state index in [9.17, 15) is 13.2 Å². The van der Waals surface area contributed by atoms with Gasteiger partial charge >= 0.3 is 0 Å². The summed E-state index contributed by atoms with van der Waals surface area (Å²) in [6.07, 6.45) is 1.32. The summed E-state index contributed by atoms with van der Waals surface area (Å²) in [4.78, 5) is 13.0. The molecule has 1 heterocycles. The van der Waals surface area contributed by atoms with Gasteiger partial charge in [0.15, 0.2) is 0 Å². The van der Waals surface area contributed by atoms with Gasteiger partial charge in [0.1, 0.15) is 18.1 Å². The largest absolute Gasteiger partial charge is 0.497 e. The number of hydrogen-bond donors (Lipinski definition) is 1. The molecule has 3 rings (SSSR count). The van der Waals surface area contributed by atoms with Crippen LogP contribution in [0, 0.1) is 12.8 Å². The Balaban J connectivity index is 1.54. The second kappa shape index (κ2) is 10.2. The third-order valence-electron chi connectivity index (χ3n) is 5.36. The van der Waals surface area contributed by atoms with E-state index in [2.05, 4.69) is 5.32 Å². The van der Waals surface area contributed by atoms with Crippen LogP contribution in [0.4, 0.5) is 0 Å². The minimum Gasteiger partial charge on any atom is -0.497 e. The predicted molar refractivity (Wildman–Crippen MR) is 119 cm³/mol. The van der Waals surface area contributed by atoms with Gasteiger partial charge in [-0.05, 0) is 63.1 Å². The Morgan fingerprint density at radius 3 is 2.42 bits per heavy atom. The quantitative estimate of drug-likeness (QED) is 0.674. The highest BCUT2D eigenvalue weighted by atomic mass is 32.2. The molecule has 1 aliphatic rings. The third kappa shape index (κ3) is 5.98. The van der Waals surface area contributed by atoms with Gasteiger partial charge in [-0.3, -0.25) is 4.79 Å². The number of ether oxygens (including phenoxy) is 2. The molecule has 1 aliphatic heterocycles. The highest BCUT2D eigenvalue weighted by molar-refractivity contribution is 7.89. The maximum absolute atomic E-state index is 13.0. The molecule has 0 aliphatic carbocycles. The molecule has 1 saturated heterocycles. The molecular formula is C23H30N2O5S.